The molecular weight excluding hydrogens is 234 g/mol. The zero-order valence-electron chi connectivity index (χ0n) is 10.6. The zero-order valence-corrected chi connectivity index (χ0v) is 10.6. The highest BCUT2D eigenvalue weighted by atomic mass is 16.5. The summed E-state index contributed by atoms with van der Waals surface area (Å²) in [7, 11) is 3.04. The second kappa shape index (κ2) is 5.20. The van der Waals surface area contributed by atoms with Gasteiger partial charge in [0, 0.05) is 26.0 Å². The van der Waals surface area contributed by atoms with Crippen molar-refractivity contribution in [1.29, 1.82) is 0 Å². The fourth-order valence-corrected chi connectivity index (χ4v) is 2.25. The average molecular weight is 251 g/mol. The van der Waals surface area contributed by atoms with Crippen molar-refractivity contribution in [2.24, 2.45) is 7.05 Å². The minimum absolute atomic E-state index is 0.187. The Bertz CT molecular complexity index is 498. The van der Waals surface area contributed by atoms with Crippen molar-refractivity contribution in [3.05, 3.63) is 22.7 Å². The molecule has 2 heterocycles. The lowest BCUT2D eigenvalue weighted by atomic mass is 10.0. The molecular formula is C12H17N3O3. The number of aromatic nitrogens is 2. The van der Waals surface area contributed by atoms with Crippen LogP contribution in [-0.4, -0.2) is 35.2 Å². The predicted molar refractivity (Wildman–Crippen MR) is 66.5 cm³/mol. The molecule has 2 rings (SSSR count). The van der Waals surface area contributed by atoms with E-state index in [0.29, 0.717) is 18.8 Å². The molecule has 98 valence electrons. The zero-order chi connectivity index (χ0) is 13.1. The second-order valence-corrected chi connectivity index (χ2v) is 4.40. The number of rotatable bonds is 2. The number of carbonyl (C=O) groups is 1. The van der Waals surface area contributed by atoms with Crippen LogP contribution in [0.5, 0.6) is 0 Å². The number of aryl methyl sites for hydroxylation is 1. The molecule has 1 unspecified atom stereocenters. The van der Waals surface area contributed by atoms with Crippen molar-refractivity contribution in [2.75, 3.05) is 18.6 Å². The van der Waals surface area contributed by atoms with Gasteiger partial charge in [-0.2, -0.15) is 0 Å². The number of piperidine rings is 1. The highest BCUT2D eigenvalue weighted by molar-refractivity contribution is 5.79. The number of nitrogens with zero attached hydrogens (tertiary/aromatic N) is 3. The fourth-order valence-electron chi connectivity index (χ4n) is 2.25. The smallest absolute Gasteiger partial charge is 0.328 e. The van der Waals surface area contributed by atoms with E-state index >= 15 is 0 Å². The minimum Gasteiger partial charge on any atom is -0.467 e. The van der Waals surface area contributed by atoms with Crippen LogP contribution in [0.15, 0.2) is 17.2 Å². The molecule has 0 amide bonds. The number of carbonyl (C=O) groups excluding carboxylic acids is 1. The van der Waals surface area contributed by atoms with Crippen LogP contribution in [0.3, 0.4) is 0 Å². The van der Waals surface area contributed by atoms with Gasteiger partial charge in [-0.05, 0) is 19.3 Å². The molecule has 6 nitrogen and oxygen atoms in total. The average Bonchev–Trinajstić information content (AvgIpc) is 2.41. The maximum Gasteiger partial charge on any atom is 0.328 e. The van der Waals surface area contributed by atoms with E-state index in [2.05, 4.69) is 4.98 Å². The summed E-state index contributed by atoms with van der Waals surface area (Å²) in [5, 5.41) is 0. The normalized spacial score (nSPS) is 19.7. The maximum absolute atomic E-state index is 12.0. The van der Waals surface area contributed by atoms with E-state index in [9.17, 15) is 9.59 Å². The summed E-state index contributed by atoms with van der Waals surface area (Å²) >= 11 is 0. The van der Waals surface area contributed by atoms with E-state index in [1.807, 2.05) is 0 Å². The third-order valence-corrected chi connectivity index (χ3v) is 3.25. The monoisotopic (exact) mass is 251 g/mol. The van der Waals surface area contributed by atoms with Gasteiger partial charge in [-0.1, -0.05) is 0 Å². The van der Waals surface area contributed by atoms with Crippen molar-refractivity contribution in [1.82, 2.24) is 9.55 Å². The molecule has 1 aromatic rings. The molecule has 0 radical (unpaired) electrons. The molecule has 0 aliphatic carbocycles. The van der Waals surface area contributed by atoms with E-state index < -0.39 is 6.04 Å². The Morgan fingerprint density at radius 3 is 3.00 bits per heavy atom. The van der Waals surface area contributed by atoms with Crippen LogP contribution in [-0.2, 0) is 16.6 Å². The lowest BCUT2D eigenvalue weighted by molar-refractivity contribution is -0.142. The lowest BCUT2D eigenvalue weighted by Gasteiger charge is -2.34. The van der Waals surface area contributed by atoms with Crippen LogP contribution >= 0.6 is 0 Å². The standard InChI is InChI=1S/C12H17N3O3/c1-14-8-6-13-10(11(14)16)15-7-4-3-5-9(15)12(17)18-2/h6,8-9H,3-5,7H2,1-2H3. The summed E-state index contributed by atoms with van der Waals surface area (Å²) in [4.78, 5) is 29.7. The van der Waals surface area contributed by atoms with Gasteiger partial charge in [0.1, 0.15) is 6.04 Å². The van der Waals surface area contributed by atoms with E-state index in [-0.39, 0.29) is 11.5 Å². The molecule has 1 atom stereocenters. The van der Waals surface area contributed by atoms with E-state index in [1.165, 1.54) is 11.7 Å². The van der Waals surface area contributed by atoms with Crippen LogP contribution in [0, 0.1) is 0 Å². The van der Waals surface area contributed by atoms with Crippen molar-refractivity contribution < 1.29 is 9.53 Å². The van der Waals surface area contributed by atoms with Crippen LogP contribution in [0.25, 0.3) is 0 Å². The Balaban J connectivity index is 2.37. The van der Waals surface area contributed by atoms with Gasteiger partial charge in [-0.15, -0.1) is 0 Å². The summed E-state index contributed by atoms with van der Waals surface area (Å²) in [6, 6.07) is -0.397. The number of esters is 1. The largest absolute Gasteiger partial charge is 0.467 e. The number of hydrogen-bond acceptors (Lipinski definition) is 5. The summed E-state index contributed by atoms with van der Waals surface area (Å²) < 4.78 is 6.26. The van der Waals surface area contributed by atoms with Crippen LogP contribution in [0.2, 0.25) is 0 Å². The van der Waals surface area contributed by atoms with Gasteiger partial charge in [0.25, 0.3) is 5.56 Å². The first-order valence-corrected chi connectivity index (χ1v) is 6.01. The molecule has 0 bridgehead atoms. The Morgan fingerprint density at radius 2 is 2.28 bits per heavy atom. The highest BCUT2D eigenvalue weighted by Crippen LogP contribution is 2.21. The summed E-state index contributed by atoms with van der Waals surface area (Å²) in [6.07, 6.45) is 5.78. The number of methoxy groups -OCH3 is 1. The third kappa shape index (κ3) is 2.23. The third-order valence-electron chi connectivity index (χ3n) is 3.25. The topological polar surface area (TPSA) is 64.4 Å². The summed E-state index contributed by atoms with van der Waals surface area (Å²) in [6.45, 7) is 0.659. The Hall–Kier alpha value is -1.85. The van der Waals surface area contributed by atoms with E-state index in [1.54, 1.807) is 24.3 Å². The van der Waals surface area contributed by atoms with Gasteiger partial charge >= 0.3 is 5.97 Å². The van der Waals surface area contributed by atoms with Gasteiger partial charge in [-0.25, -0.2) is 9.78 Å². The van der Waals surface area contributed by atoms with Crippen LogP contribution in [0.4, 0.5) is 5.82 Å². The van der Waals surface area contributed by atoms with Crippen molar-refractivity contribution in [3.63, 3.8) is 0 Å². The molecule has 1 aliphatic rings. The van der Waals surface area contributed by atoms with Gasteiger partial charge in [0.05, 0.1) is 7.11 Å². The van der Waals surface area contributed by atoms with Gasteiger partial charge in [0.15, 0.2) is 5.82 Å². The first-order chi connectivity index (χ1) is 8.65. The molecule has 0 aromatic carbocycles. The van der Waals surface area contributed by atoms with Gasteiger partial charge < -0.3 is 14.2 Å². The minimum atomic E-state index is -0.397. The first kappa shape index (κ1) is 12.6. The first-order valence-electron chi connectivity index (χ1n) is 6.01. The quantitative estimate of drug-likeness (QED) is 0.708. The lowest BCUT2D eigenvalue weighted by Crippen LogP contribution is -2.48. The fraction of sp³-hybridized carbons (Fsp3) is 0.583. The molecule has 0 spiro atoms. The van der Waals surface area contributed by atoms with Crippen molar-refractivity contribution >= 4 is 11.8 Å². The maximum atomic E-state index is 12.0. The molecule has 1 saturated heterocycles. The Labute approximate surface area is 105 Å². The van der Waals surface area contributed by atoms with E-state index in [4.69, 9.17) is 4.74 Å². The highest BCUT2D eigenvalue weighted by Gasteiger charge is 2.31. The molecule has 0 N–H and O–H groups in total. The predicted octanol–water partition coefficient (Wildman–Crippen LogP) is 0.312. The van der Waals surface area contributed by atoms with Crippen LogP contribution < -0.4 is 10.5 Å². The molecule has 0 saturated carbocycles. The number of ether oxygens (including phenoxy) is 1. The van der Waals surface area contributed by atoms with Crippen LogP contribution in [0.1, 0.15) is 19.3 Å². The summed E-state index contributed by atoms with van der Waals surface area (Å²) in [5.41, 5.74) is -0.187. The summed E-state index contributed by atoms with van der Waals surface area (Å²) in [5.74, 6) is 0.0255. The molecule has 18 heavy (non-hydrogen) atoms. The molecule has 1 aromatic heterocycles. The second-order valence-electron chi connectivity index (χ2n) is 4.40. The van der Waals surface area contributed by atoms with E-state index in [0.717, 1.165) is 12.8 Å². The van der Waals surface area contributed by atoms with Gasteiger partial charge in [0.2, 0.25) is 0 Å². The number of hydrogen-bond donors (Lipinski definition) is 0. The Morgan fingerprint density at radius 1 is 1.50 bits per heavy atom. The van der Waals surface area contributed by atoms with Crippen molar-refractivity contribution in [3.8, 4) is 0 Å². The SMILES string of the molecule is COC(=O)C1CCCCN1c1nccn(C)c1=O. The molecule has 1 fully saturated rings. The van der Waals surface area contributed by atoms with Gasteiger partial charge in [-0.3, -0.25) is 4.79 Å². The Kier molecular flexibility index (Phi) is 3.64. The van der Waals surface area contributed by atoms with Crippen molar-refractivity contribution in [2.45, 2.75) is 25.3 Å². The number of anilines is 1. The molecule has 6 heteroatoms. The molecule has 1 aliphatic heterocycles.